The standard InChI is InChI=1S/C12H19N3O3S/c1-14-19(17,18)9-4-5-11(10(13)6-9)15-7-12(16)8-2-3-8/h4-6,8,12,14-16H,2-3,7,13H2,1H3. The second-order valence-electron chi connectivity index (χ2n) is 4.74. The Balaban J connectivity index is 2.06. The highest BCUT2D eigenvalue weighted by atomic mass is 32.2. The fourth-order valence-corrected chi connectivity index (χ4v) is 2.61. The summed E-state index contributed by atoms with van der Waals surface area (Å²) in [5, 5.41) is 12.8. The van der Waals surface area contributed by atoms with Crippen LogP contribution in [0.3, 0.4) is 0 Å². The number of hydrogen-bond acceptors (Lipinski definition) is 5. The summed E-state index contributed by atoms with van der Waals surface area (Å²) < 4.78 is 25.4. The summed E-state index contributed by atoms with van der Waals surface area (Å²) in [4.78, 5) is 0.126. The summed E-state index contributed by atoms with van der Waals surface area (Å²) in [5.74, 6) is 0.387. The van der Waals surface area contributed by atoms with E-state index in [2.05, 4.69) is 10.0 Å². The Morgan fingerprint density at radius 2 is 2.16 bits per heavy atom. The molecular weight excluding hydrogens is 266 g/mol. The summed E-state index contributed by atoms with van der Waals surface area (Å²) in [6.07, 6.45) is 1.76. The van der Waals surface area contributed by atoms with Crippen molar-refractivity contribution in [2.24, 2.45) is 5.92 Å². The van der Waals surface area contributed by atoms with Crippen LogP contribution in [0.2, 0.25) is 0 Å². The van der Waals surface area contributed by atoms with Gasteiger partial charge in [-0.2, -0.15) is 0 Å². The van der Waals surface area contributed by atoms with Crippen molar-refractivity contribution in [1.29, 1.82) is 0 Å². The minimum Gasteiger partial charge on any atom is -0.397 e. The van der Waals surface area contributed by atoms with Gasteiger partial charge in [-0.3, -0.25) is 0 Å². The van der Waals surface area contributed by atoms with E-state index in [1.165, 1.54) is 19.2 Å². The van der Waals surface area contributed by atoms with E-state index < -0.39 is 10.0 Å². The van der Waals surface area contributed by atoms with Gasteiger partial charge in [0.05, 0.1) is 22.4 Å². The normalized spacial score (nSPS) is 17.2. The summed E-state index contributed by atoms with van der Waals surface area (Å²) in [5.41, 5.74) is 6.79. The van der Waals surface area contributed by atoms with Gasteiger partial charge in [-0.1, -0.05) is 0 Å². The highest BCUT2D eigenvalue weighted by molar-refractivity contribution is 7.89. The minimum atomic E-state index is -3.48. The molecule has 1 unspecified atom stereocenters. The molecule has 7 heteroatoms. The maximum atomic E-state index is 11.6. The van der Waals surface area contributed by atoms with Crippen LogP contribution in [-0.4, -0.2) is 33.2 Å². The maximum absolute atomic E-state index is 11.6. The van der Waals surface area contributed by atoms with Gasteiger partial charge in [0.2, 0.25) is 10.0 Å². The summed E-state index contributed by atoms with van der Waals surface area (Å²) in [6.45, 7) is 0.424. The molecule has 1 aromatic rings. The van der Waals surface area contributed by atoms with Crippen LogP contribution in [-0.2, 0) is 10.0 Å². The molecule has 1 saturated carbocycles. The average Bonchev–Trinajstić information content (AvgIpc) is 3.21. The number of nitrogens with one attached hydrogen (secondary N) is 2. The van der Waals surface area contributed by atoms with Crippen LogP contribution in [0.5, 0.6) is 0 Å². The van der Waals surface area contributed by atoms with Gasteiger partial charge in [-0.05, 0) is 44.0 Å². The Kier molecular flexibility index (Phi) is 3.98. The number of hydrogen-bond donors (Lipinski definition) is 4. The van der Waals surface area contributed by atoms with Crippen molar-refractivity contribution in [1.82, 2.24) is 4.72 Å². The lowest BCUT2D eigenvalue weighted by Gasteiger charge is -2.14. The van der Waals surface area contributed by atoms with Crippen LogP contribution >= 0.6 is 0 Å². The van der Waals surface area contributed by atoms with E-state index in [1.54, 1.807) is 6.07 Å². The molecule has 1 aliphatic carbocycles. The zero-order valence-electron chi connectivity index (χ0n) is 10.8. The molecule has 19 heavy (non-hydrogen) atoms. The van der Waals surface area contributed by atoms with Crippen LogP contribution in [0.4, 0.5) is 11.4 Å². The van der Waals surface area contributed by atoms with Crippen LogP contribution in [0, 0.1) is 5.92 Å². The van der Waals surface area contributed by atoms with Crippen molar-refractivity contribution in [3.63, 3.8) is 0 Å². The zero-order chi connectivity index (χ0) is 14.0. The van der Waals surface area contributed by atoms with E-state index in [1.807, 2.05) is 0 Å². The van der Waals surface area contributed by atoms with E-state index in [9.17, 15) is 13.5 Å². The highest BCUT2D eigenvalue weighted by Crippen LogP contribution is 2.33. The molecule has 0 saturated heterocycles. The number of nitrogens with two attached hydrogens (primary N) is 1. The van der Waals surface area contributed by atoms with E-state index in [4.69, 9.17) is 5.73 Å². The minimum absolute atomic E-state index is 0.126. The lowest BCUT2D eigenvalue weighted by Crippen LogP contribution is -2.22. The number of sulfonamides is 1. The molecule has 106 valence electrons. The van der Waals surface area contributed by atoms with Gasteiger partial charge in [0, 0.05) is 6.54 Å². The molecule has 5 N–H and O–H groups in total. The Morgan fingerprint density at radius 3 is 2.68 bits per heavy atom. The fraction of sp³-hybridized carbons (Fsp3) is 0.500. The Hall–Kier alpha value is -1.31. The maximum Gasteiger partial charge on any atom is 0.240 e. The fourth-order valence-electron chi connectivity index (χ4n) is 1.85. The van der Waals surface area contributed by atoms with Crippen molar-refractivity contribution >= 4 is 21.4 Å². The van der Waals surface area contributed by atoms with E-state index in [0.717, 1.165) is 12.8 Å². The molecule has 0 heterocycles. The second kappa shape index (κ2) is 5.36. The van der Waals surface area contributed by atoms with Gasteiger partial charge in [0.1, 0.15) is 0 Å². The third-order valence-electron chi connectivity index (χ3n) is 3.27. The third kappa shape index (κ3) is 3.37. The first kappa shape index (κ1) is 14.1. The molecule has 0 bridgehead atoms. The second-order valence-corrected chi connectivity index (χ2v) is 6.63. The van der Waals surface area contributed by atoms with Crippen LogP contribution in [0.25, 0.3) is 0 Å². The quantitative estimate of drug-likeness (QED) is 0.565. The average molecular weight is 285 g/mol. The summed E-state index contributed by atoms with van der Waals surface area (Å²) in [7, 11) is -2.13. The van der Waals surface area contributed by atoms with E-state index in [-0.39, 0.29) is 11.0 Å². The SMILES string of the molecule is CNS(=O)(=O)c1ccc(NCC(O)C2CC2)c(N)c1. The molecule has 1 fully saturated rings. The molecule has 2 rings (SSSR count). The van der Waals surface area contributed by atoms with Gasteiger partial charge in [-0.15, -0.1) is 0 Å². The largest absolute Gasteiger partial charge is 0.397 e. The third-order valence-corrected chi connectivity index (χ3v) is 4.68. The van der Waals surface area contributed by atoms with Gasteiger partial charge in [-0.25, -0.2) is 13.1 Å². The molecule has 0 aliphatic heterocycles. The van der Waals surface area contributed by atoms with Crippen molar-refractivity contribution in [3.8, 4) is 0 Å². The number of rotatable bonds is 6. The number of aliphatic hydroxyl groups excluding tert-OH is 1. The summed E-state index contributed by atoms with van der Waals surface area (Å²) in [6, 6.07) is 4.49. The van der Waals surface area contributed by atoms with Crippen molar-refractivity contribution in [3.05, 3.63) is 18.2 Å². The van der Waals surface area contributed by atoms with Crippen LogP contribution in [0.15, 0.2) is 23.1 Å². The molecule has 0 aromatic heterocycles. The van der Waals surface area contributed by atoms with Gasteiger partial charge < -0.3 is 16.2 Å². The van der Waals surface area contributed by atoms with E-state index >= 15 is 0 Å². The Bertz CT molecular complexity index is 555. The van der Waals surface area contributed by atoms with Crippen molar-refractivity contribution in [2.75, 3.05) is 24.6 Å². The van der Waals surface area contributed by atoms with Gasteiger partial charge in [0.15, 0.2) is 0 Å². The molecule has 1 atom stereocenters. The first-order valence-electron chi connectivity index (χ1n) is 6.19. The molecule has 1 aliphatic rings. The zero-order valence-corrected chi connectivity index (χ0v) is 11.6. The molecule has 0 radical (unpaired) electrons. The monoisotopic (exact) mass is 285 g/mol. The topological polar surface area (TPSA) is 104 Å². The van der Waals surface area contributed by atoms with Gasteiger partial charge in [0.25, 0.3) is 0 Å². The number of benzene rings is 1. The number of anilines is 2. The van der Waals surface area contributed by atoms with Crippen LogP contribution < -0.4 is 15.8 Å². The Morgan fingerprint density at radius 1 is 1.47 bits per heavy atom. The predicted octanol–water partition coefficient (Wildman–Crippen LogP) is 0.360. The number of nitrogen functional groups attached to an aromatic ring is 1. The first-order chi connectivity index (χ1) is 8.94. The van der Waals surface area contributed by atoms with Crippen LogP contribution in [0.1, 0.15) is 12.8 Å². The summed E-state index contributed by atoms with van der Waals surface area (Å²) >= 11 is 0. The lowest BCUT2D eigenvalue weighted by molar-refractivity contribution is 0.164. The predicted molar refractivity (Wildman–Crippen MR) is 74.3 cm³/mol. The van der Waals surface area contributed by atoms with Gasteiger partial charge >= 0.3 is 0 Å². The van der Waals surface area contributed by atoms with Crippen molar-refractivity contribution < 1.29 is 13.5 Å². The van der Waals surface area contributed by atoms with E-state index in [0.29, 0.717) is 23.8 Å². The smallest absolute Gasteiger partial charge is 0.240 e. The number of aliphatic hydroxyl groups is 1. The molecule has 6 nitrogen and oxygen atoms in total. The molecule has 1 aromatic carbocycles. The molecular formula is C12H19N3O3S. The molecule has 0 spiro atoms. The lowest BCUT2D eigenvalue weighted by atomic mass is 10.2. The van der Waals surface area contributed by atoms with Crippen molar-refractivity contribution in [2.45, 2.75) is 23.8 Å². The molecule has 0 amide bonds. The first-order valence-corrected chi connectivity index (χ1v) is 7.67. The highest BCUT2D eigenvalue weighted by Gasteiger charge is 2.29. The Labute approximate surface area is 113 Å².